The summed E-state index contributed by atoms with van der Waals surface area (Å²) in [5, 5.41) is 2.18. The lowest BCUT2D eigenvalue weighted by Crippen LogP contribution is -2.49. The van der Waals surface area contributed by atoms with E-state index in [0.717, 1.165) is 38.8 Å². The van der Waals surface area contributed by atoms with Crippen LogP contribution in [-0.4, -0.2) is 56.4 Å². The first-order valence-corrected chi connectivity index (χ1v) is 8.93. The van der Waals surface area contributed by atoms with Crippen LogP contribution >= 0.6 is 0 Å². The van der Waals surface area contributed by atoms with Gasteiger partial charge in [-0.15, -0.1) is 0 Å². The van der Waals surface area contributed by atoms with Crippen LogP contribution < -0.4 is 5.32 Å². The van der Waals surface area contributed by atoms with Crippen LogP contribution in [0.25, 0.3) is 0 Å². The molecular formula is C13H24N2O3S. The Bertz CT molecular complexity index is 410. The standard InChI is InChI=1S/C13H24N2O3S/c1-11(19(17,18)10-12-8-14-9-12)13(16)15-6-4-2-3-5-7-15/h11-12,14H,2-10H2,1H3. The van der Waals surface area contributed by atoms with Gasteiger partial charge in [0.15, 0.2) is 9.84 Å². The zero-order valence-corrected chi connectivity index (χ0v) is 12.4. The van der Waals surface area contributed by atoms with Crippen LogP contribution in [-0.2, 0) is 14.6 Å². The van der Waals surface area contributed by atoms with Crippen molar-refractivity contribution in [1.82, 2.24) is 10.2 Å². The van der Waals surface area contributed by atoms with Crippen molar-refractivity contribution >= 4 is 15.7 Å². The van der Waals surface area contributed by atoms with Crippen LogP contribution in [0.15, 0.2) is 0 Å². The minimum absolute atomic E-state index is 0.140. The Morgan fingerprint density at radius 1 is 1.21 bits per heavy atom. The summed E-state index contributed by atoms with van der Waals surface area (Å²) in [6.07, 6.45) is 4.26. The molecule has 0 aromatic rings. The van der Waals surface area contributed by atoms with Crippen molar-refractivity contribution < 1.29 is 13.2 Å². The molecule has 2 aliphatic rings. The van der Waals surface area contributed by atoms with Gasteiger partial charge in [0.2, 0.25) is 5.91 Å². The normalized spacial score (nSPS) is 23.5. The maximum Gasteiger partial charge on any atom is 0.240 e. The molecule has 0 spiro atoms. The molecule has 1 atom stereocenters. The summed E-state index contributed by atoms with van der Waals surface area (Å²) in [5.41, 5.74) is 0. The molecule has 2 fully saturated rings. The minimum atomic E-state index is -3.31. The Morgan fingerprint density at radius 2 is 1.79 bits per heavy atom. The fraction of sp³-hybridized carbons (Fsp3) is 0.923. The zero-order valence-electron chi connectivity index (χ0n) is 11.6. The number of nitrogens with one attached hydrogen (secondary N) is 1. The molecular weight excluding hydrogens is 264 g/mol. The summed E-state index contributed by atoms with van der Waals surface area (Å²) in [5.74, 6) is 0.124. The molecule has 1 unspecified atom stereocenters. The average molecular weight is 288 g/mol. The first-order valence-electron chi connectivity index (χ1n) is 7.22. The lowest BCUT2D eigenvalue weighted by molar-refractivity contribution is -0.130. The number of rotatable bonds is 4. The van der Waals surface area contributed by atoms with Gasteiger partial charge < -0.3 is 10.2 Å². The molecule has 5 nitrogen and oxygen atoms in total. The van der Waals surface area contributed by atoms with Gasteiger partial charge in [0.25, 0.3) is 0 Å². The van der Waals surface area contributed by atoms with Crippen LogP contribution in [0, 0.1) is 5.92 Å². The van der Waals surface area contributed by atoms with E-state index in [4.69, 9.17) is 0 Å². The van der Waals surface area contributed by atoms with Crippen molar-refractivity contribution in [3.05, 3.63) is 0 Å². The molecule has 2 rings (SSSR count). The number of amides is 1. The van der Waals surface area contributed by atoms with Gasteiger partial charge in [0, 0.05) is 26.2 Å². The molecule has 19 heavy (non-hydrogen) atoms. The molecule has 110 valence electrons. The molecule has 0 bridgehead atoms. The lowest BCUT2D eigenvalue weighted by Gasteiger charge is -2.29. The number of likely N-dealkylation sites (tertiary alicyclic amines) is 1. The van der Waals surface area contributed by atoms with Crippen molar-refractivity contribution in [2.24, 2.45) is 5.92 Å². The molecule has 1 N–H and O–H groups in total. The third kappa shape index (κ3) is 3.69. The first-order chi connectivity index (χ1) is 9.00. The largest absolute Gasteiger partial charge is 0.342 e. The summed E-state index contributed by atoms with van der Waals surface area (Å²) in [7, 11) is -3.31. The Labute approximate surface area is 115 Å². The van der Waals surface area contributed by atoms with E-state index >= 15 is 0 Å². The van der Waals surface area contributed by atoms with Crippen molar-refractivity contribution in [1.29, 1.82) is 0 Å². The van der Waals surface area contributed by atoms with Gasteiger partial charge in [0.1, 0.15) is 5.25 Å². The van der Waals surface area contributed by atoms with E-state index in [1.807, 2.05) is 0 Å². The maximum absolute atomic E-state index is 12.3. The second kappa shape index (κ2) is 6.22. The molecule has 6 heteroatoms. The second-order valence-electron chi connectivity index (χ2n) is 5.74. The van der Waals surface area contributed by atoms with Gasteiger partial charge in [-0.1, -0.05) is 12.8 Å². The zero-order chi connectivity index (χ0) is 13.9. The number of carbonyl (C=O) groups is 1. The summed E-state index contributed by atoms with van der Waals surface area (Å²) < 4.78 is 24.5. The topological polar surface area (TPSA) is 66.5 Å². The highest BCUT2D eigenvalue weighted by molar-refractivity contribution is 7.92. The Hall–Kier alpha value is -0.620. The molecule has 2 heterocycles. The summed E-state index contributed by atoms with van der Waals surface area (Å²) >= 11 is 0. The van der Waals surface area contributed by atoms with Crippen LogP contribution in [0.2, 0.25) is 0 Å². The van der Waals surface area contributed by atoms with Gasteiger partial charge in [-0.25, -0.2) is 8.42 Å². The highest BCUT2D eigenvalue weighted by Gasteiger charge is 2.34. The Balaban J connectivity index is 1.96. The molecule has 2 aliphatic heterocycles. The molecule has 0 radical (unpaired) electrons. The number of hydrogen-bond donors (Lipinski definition) is 1. The van der Waals surface area contributed by atoms with Crippen molar-refractivity contribution in [2.75, 3.05) is 31.9 Å². The van der Waals surface area contributed by atoms with Crippen LogP contribution in [0.5, 0.6) is 0 Å². The van der Waals surface area contributed by atoms with E-state index in [9.17, 15) is 13.2 Å². The molecule has 0 aromatic carbocycles. The lowest BCUT2D eigenvalue weighted by atomic mass is 10.1. The van der Waals surface area contributed by atoms with E-state index in [0.29, 0.717) is 13.1 Å². The Kier molecular flexibility index (Phi) is 4.84. The first kappa shape index (κ1) is 14.8. The number of sulfone groups is 1. The molecule has 0 aromatic heterocycles. The highest BCUT2D eigenvalue weighted by atomic mass is 32.2. The third-order valence-electron chi connectivity index (χ3n) is 4.14. The molecule has 1 amide bonds. The molecule has 0 aliphatic carbocycles. The van der Waals surface area contributed by atoms with Gasteiger partial charge >= 0.3 is 0 Å². The van der Waals surface area contributed by atoms with E-state index in [-0.39, 0.29) is 17.6 Å². The van der Waals surface area contributed by atoms with E-state index in [1.54, 1.807) is 11.8 Å². The predicted octanol–water partition coefficient (Wildman–Crippen LogP) is 0.412. The third-order valence-corrected chi connectivity index (χ3v) is 6.35. The fourth-order valence-corrected chi connectivity index (χ4v) is 4.28. The summed E-state index contributed by atoms with van der Waals surface area (Å²) in [6.45, 7) is 4.48. The van der Waals surface area contributed by atoms with Gasteiger partial charge in [0.05, 0.1) is 5.75 Å². The maximum atomic E-state index is 12.3. The summed E-state index contributed by atoms with van der Waals surface area (Å²) in [4.78, 5) is 14.1. The van der Waals surface area contributed by atoms with Crippen molar-refractivity contribution in [3.63, 3.8) is 0 Å². The fourth-order valence-electron chi connectivity index (χ4n) is 2.64. The minimum Gasteiger partial charge on any atom is -0.342 e. The van der Waals surface area contributed by atoms with Gasteiger partial charge in [-0.05, 0) is 25.7 Å². The smallest absolute Gasteiger partial charge is 0.240 e. The van der Waals surface area contributed by atoms with E-state index < -0.39 is 15.1 Å². The highest BCUT2D eigenvalue weighted by Crippen LogP contribution is 2.16. The van der Waals surface area contributed by atoms with Gasteiger partial charge in [-0.2, -0.15) is 0 Å². The van der Waals surface area contributed by atoms with E-state index in [2.05, 4.69) is 5.32 Å². The number of hydrogen-bond acceptors (Lipinski definition) is 4. The van der Waals surface area contributed by atoms with Crippen LogP contribution in [0.1, 0.15) is 32.6 Å². The average Bonchev–Trinajstić information content (AvgIpc) is 2.61. The molecule has 2 saturated heterocycles. The van der Waals surface area contributed by atoms with Crippen LogP contribution in [0.4, 0.5) is 0 Å². The monoisotopic (exact) mass is 288 g/mol. The quantitative estimate of drug-likeness (QED) is 0.814. The Morgan fingerprint density at radius 3 is 2.26 bits per heavy atom. The number of nitrogens with zero attached hydrogens (tertiary/aromatic N) is 1. The van der Waals surface area contributed by atoms with Crippen LogP contribution in [0.3, 0.4) is 0 Å². The summed E-state index contributed by atoms with van der Waals surface area (Å²) in [6, 6.07) is 0. The van der Waals surface area contributed by atoms with Gasteiger partial charge in [-0.3, -0.25) is 4.79 Å². The SMILES string of the molecule is CC(C(=O)N1CCCCCC1)S(=O)(=O)CC1CNC1. The molecule has 0 saturated carbocycles. The second-order valence-corrected chi connectivity index (χ2v) is 8.10. The van der Waals surface area contributed by atoms with E-state index in [1.165, 1.54) is 0 Å². The predicted molar refractivity (Wildman–Crippen MR) is 74.7 cm³/mol. The van der Waals surface area contributed by atoms with Crippen molar-refractivity contribution in [3.8, 4) is 0 Å². The van der Waals surface area contributed by atoms with Crippen molar-refractivity contribution in [2.45, 2.75) is 37.9 Å². The number of carbonyl (C=O) groups excluding carboxylic acids is 1.